The Kier molecular flexibility index (Phi) is 4.19. The van der Waals surface area contributed by atoms with Crippen LogP contribution in [0.15, 0.2) is 24.3 Å². The molecular formula is C13H20N2O. The first-order valence-corrected chi connectivity index (χ1v) is 6.05. The van der Waals surface area contributed by atoms with E-state index in [0.717, 1.165) is 25.2 Å². The maximum Gasteiger partial charge on any atom is 0.0471 e. The Hall–Kier alpha value is -1.06. The summed E-state index contributed by atoms with van der Waals surface area (Å²) in [6, 6.07) is 8.93. The van der Waals surface area contributed by atoms with Crippen LogP contribution in [0.4, 0.5) is 5.69 Å². The van der Waals surface area contributed by atoms with Crippen LogP contribution in [0.1, 0.15) is 18.4 Å². The Balaban J connectivity index is 1.80. The van der Waals surface area contributed by atoms with Gasteiger partial charge in [0.1, 0.15) is 0 Å². The monoisotopic (exact) mass is 220 g/mol. The highest BCUT2D eigenvalue weighted by atomic mass is 16.2. The molecule has 3 nitrogen and oxygen atoms in total. The third kappa shape index (κ3) is 3.22. The summed E-state index contributed by atoms with van der Waals surface area (Å²) in [5.74, 6) is 0. The summed E-state index contributed by atoms with van der Waals surface area (Å²) in [5.41, 5.74) is 2.35. The van der Waals surface area contributed by atoms with Gasteiger partial charge in [-0.1, -0.05) is 12.1 Å². The van der Waals surface area contributed by atoms with E-state index in [9.17, 15) is 0 Å². The van der Waals surface area contributed by atoms with Crippen molar-refractivity contribution >= 4 is 5.69 Å². The first-order chi connectivity index (χ1) is 7.88. The third-order valence-corrected chi connectivity index (χ3v) is 3.07. The van der Waals surface area contributed by atoms with Gasteiger partial charge < -0.3 is 15.7 Å². The number of aliphatic hydroxyl groups is 1. The van der Waals surface area contributed by atoms with Gasteiger partial charge in [-0.15, -0.1) is 0 Å². The molecule has 1 fully saturated rings. The lowest BCUT2D eigenvalue weighted by Crippen LogP contribution is -2.29. The highest BCUT2D eigenvalue weighted by molar-refractivity contribution is 5.44. The quantitative estimate of drug-likeness (QED) is 0.702. The van der Waals surface area contributed by atoms with Gasteiger partial charge >= 0.3 is 0 Å². The van der Waals surface area contributed by atoms with E-state index in [4.69, 9.17) is 5.11 Å². The Bertz CT molecular complexity index is 304. The number of anilines is 1. The van der Waals surface area contributed by atoms with Crippen molar-refractivity contribution in [2.75, 3.05) is 25.0 Å². The fraction of sp³-hybridized carbons (Fsp3) is 0.538. The van der Waals surface area contributed by atoms with Gasteiger partial charge in [0.15, 0.2) is 0 Å². The minimum atomic E-state index is 0.221. The zero-order valence-corrected chi connectivity index (χ0v) is 9.58. The van der Waals surface area contributed by atoms with Crippen LogP contribution in [0.5, 0.6) is 0 Å². The second kappa shape index (κ2) is 5.87. The van der Waals surface area contributed by atoms with E-state index in [-0.39, 0.29) is 6.61 Å². The van der Waals surface area contributed by atoms with E-state index >= 15 is 0 Å². The number of rotatable bonds is 5. The summed E-state index contributed by atoms with van der Waals surface area (Å²) in [6.45, 7) is 2.37. The fourth-order valence-electron chi connectivity index (χ4n) is 2.09. The lowest BCUT2D eigenvalue weighted by atomic mass is 10.1. The molecule has 1 atom stereocenters. The van der Waals surface area contributed by atoms with Crippen LogP contribution in [0.3, 0.4) is 0 Å². The maximum atomic E-state index is 8.81. The summed E-state index contributed by atoms with van der Waals surface area (Å²) in [7, 11) is 0. The van der Waals surface area contributed by atoms with E-state index < -0.39 is 0 Å². The normalized spacial score (nSPS) is 19.9. The molecule has 1 heterocycles. The first kappa shape index (κ1) is 11.4. The molecule has 16 heavy (non-hydrogen) atoms. The zero-order valence-electron chi connectivity index (χ0n) is 9.58. The van der Waals surface area contributed by atoms with E-state index in [1.807, 2.05) is 0 Å². The van der Waals surface area contributed by atoms with Crippen molar-refractivity contribution in [3.05, 3.63) is 29.8 Å². The van der Waals surface area contributed by atoms with Crippen LogP contribution in [-0.4, -0.2) is 30.8 Å². The largest absolute Gasteiger partial charge is 0.396 e. The second-order valence-corrected chi connectivity index (χ2v) is 4.34. The van der Waals surface area contributed by atoms with Crippen molar-refractivity contribution in [1.29, 1.82) is 0 Å². The molecule has 0 aromatic heterocycles. The molecule has 1 unspecified atom stereocenters. The molecule has 1 saturated heterocycles. The van der Waals surface area contributed by atoms with Crippen LogP contribution in [-0.2, 0) is 6.42 Å². The number of aliphatic hydroxyl groups excluding tert-OH is 1. The van der Waals surface area contributed by atoms with Crippen molar-refractivity contribution in [2.45, 2.75) is 25.3 Å². The van der Waals surface area contributed by atoms with Crippen molar-refractivity contribution in [1.82, 2.24) is 5.32 Å². The molecule has 88 valence electrons. The Labute approximate surface area is 96.9 Å². The van der Waals surface area contributed by atoms with Crippen LogP contribution in [0.25, 0.3) is 0 Å². The molecule has 1 aliphatic rings. The van der Waals surface area contributed by atoms with Gasteiger partial charge in [-0.05, 0) is 43.5 Å². The summed E-state index contributed by atoms with van der Waals surface area (Å²) in [4.78, 5) is 0. The number of hydrogen-bond acceptors (Lipinski definition) is 3. The van der Waals surface area contributed by atoms with E-state index in [1.54, 1.807) is 0 Å². The van der Waals surface area contributed by atoms with Gasteiger partial charge in [-0.2, -0.15) is 0 Å². The molecule has 2 rings (SSSR count). The van der Waals surface area contributed by atoms with Gasteiger partial charge in [-0.25, -0.2) is 0 Å². The average molecular weight is 220 g/mol. The summed E-state index contributed by atoms with van der Waals surface area (Å²) >= 11 is 0. The maximum absolute atomic E-state index is 8.81. The molecule has 0 spiro atoms. The Morgan fingerprint density at radius 3 is 2.75 bits per heavy atom. The molecule has 1 aromatic rings. The van der Waals surface area contributed by atoms with Gasteiger partial charge in [0.25, 0.3) is 0 Å². The van der Waals surface area contributed by atoms with Gasteiger partial charge in [0.05, 0.1) is 0 Å². The lowest BCUT2D eigenvalue weighted by Gasteiger charge is -2.12. The summed E-state index contributed by atoms with van der Waals surface area (Å²) in [6.07, 6.45) is 3.31. The van der Waals surface area contributed by atoms with Crippen molar-refractivity contribution in [2.24, 2.45) is 0 Å². The topological polar surface area (TPSA) is 44.3 Å². The predicted molar refractivity (Wildman–Crippen MR) is 66.7 cm³/mol. The molecule has 0 bridgehead atoms. The molecule has 1 aromatic carbocycles. The van der Waals surface area contributed by atoms with Gasteiger partial charge in [-0.3, -0.25) is 0 Å². The van der Waals surface area contributed by atoms with Crippen molar-refractivity contribution < 1.29 is 5.11 Å². The first-order valence-electron chi connectivity index (χ1n) is 6.05. The van der Waals surface area contributed by atoms with Gasteiger partial charge in [0, 0.05) is 24.9 Å². The third-order valence-electron chi connectivity index (χ3n) is 3.07. The number of nitrogens with one attached hydrogen (secondary N) is 2. The van der Waals surface area contributed by atoms with E-state index in [1.165, 1.54) is 18.4 Å². The SMILES string of the molecule is OCCc1ccc(NCC2CCCN2)cc1. The van der Waals surface area contributed by atoms with Crippen LogP contribution >= 0.6 is 0 Å². The second-order valence-electron chi connectivity index (χ2n) is 4.34. The molecule has 3 heteroatoms. The van der Waals surface area contributed by atoms with Crippen molar-refractivity contribution in [3.63, 3.8) is 0 Å². The summed E-state index contributed by atoms with van der Waals surface area (Å²) < 4.78 is 0. The Morgan fingerprint density at radius 2 is 2.12 bits per heavy atom. The smallest absolute Gasteiger partial charge is 0.0471 e. The molecule has 0 aliphatic carbocycles. The Morgan fingerprint density at radius 1 is 1.31 bits per heavy atom. The number of hydrogen-bond donors (Lipinski definition) is 3. The zero-order chi connectivity index (χ0) is 11.2. The number of benzene rings is 1. The van der Waals surface area contributed by atoms with E-state index in [2.05, 4.69) is 34.9 Å². The highest BCUT2D eigenvalue weighted by Gasteiger charge is 2.12. The van der Waals surface area contributed by atoms with Crippen LogP contribution in [0, 0.1) is 0 Å². The lowest BCUT2D eigenvalue weighted by molar-refractivity contribution is 0.299. The molecule has 1 aliphatic heterocycles. The van der Waals surface area contributed by atoms with Crippen molar-refractivity contribution in [3.8, 4) is 0 Å². The molecule has 0 radical (unpaired) electrons. The fourth-order valence-corrected chi connectivity index (χ4v) is 2.09. The van der Waals surface area contributed by atoms with Gasteiger partial charge in [0.2, 0.25) is 0 Å². The highest BCUT2D eigenvalue weighted by Crippen LogP contribution is 2.11. The summed E-state index contributed by atoms with van der Waals surface area (Å²) in [5, 5.41) is 15.7. The minimum absolute atomic E-state index is 0.221. The molecule has 0 amide bonds. The molecule has 0 saturated carbocycles. The molecule has 3 N–H and O–H groups in total. The minimum Gasteiger partial charge on any atom is -0.396 e. The average Bonchev–Trinajstić information content (AvgIpc) is 2.82. The van der Waals surface area contributed by atoms with E-state index in [0.29, 0.717) is 6.04 Å². The standard InChI is InChI=1S/C13H20N2O/c16-9-7-11-3-5-12(6-4-11)15-10-13-2-1-8-14-13/h3-6,13-16H,1-2,7-10H2. The van der Waals surface area contributed by atoms with Crippen LogP contribution in [0.2, 0.25) is 0 Å². The predicted octanol–water partition coefficient (Wildman–Crippen LogP) is 1.39. The molecular weight excluding hydrogens is 200 g/mol. The van der Waals surface area contributed by atoms with Crippen LogP contribution < -0.4 is 10.6 Å².